The Kier molecular flexibility index (Phi) is 3.99. The van der Waals surface area contributed by atoms with Gasteiger partial charge in [-0.15, -0.1) is 0 Å². The fourth-order valence-corrected chi connectivity index (χ4v) is 2.34. The molecule has 1 atom stereocenters. The molecule has 0 radical (unpaired) electrons. The predicted octanol–water partition coefficient (Wildman–Crippen LogP) is 2.82. The van der Waals surface area contributed by atoms with E-state index in [9.17, 15) is 4.79 Å². The number of benzene rings is 1. The van der Waals surface area contributed by atoms with Gasteiger partial charge in [-0.2, -0.15) is 5.26 Å². The lowest BCUT2D eigenvalue weighted by Gasteiger charge is -2.20. The van der Waals surface area contributed by atoms with Crippen molar-refractivity contribution in [1.29, 1.82) is 5.26 Å². The van der Waals surface area contributed by atoms with Crippen molar-refractivity contribution >= 4 is 5.91 Å². The van der Waals surface area contributed by atoms with Gasteiger partial charge in [0.2, 0.25) is 0 Å². The van der Waals surface area contributed by atoms with Crippen molar-refractivity contribution in [3.8, 4) is 6.07 Å². The molecule has 3 heteroatoms. The Balaban J connectivity index is 2.08. The minimum atomic E-state index is 0.0913. The van der Waals surface area contributed by atoms with Gasteiger partial charge in [0.25, 0.3) is 5.91 Å². The van der Waals surface area contributed by atoms with Crippen molar-refractivity contribution in [1.82, 2.24) is 4.90 Å². The fourth-order valence-electron chi connectivity index (χ4n) is 2.34. The first-order valence-corrected chi connectivity index (χ1v) is 6.50. The number of rotatable bonds is 1. The monoisotopic (exact) mass is 242 g/mol. The van der Waals surface area contributed by atoms with Crippen LogP contribution in [0.15, 0.2) is 24.3 Å². The minimum Gasteiger partial charge on any atom is -0.339 e. The molecule has 94 valence electrons. The number of carbonyl (C=O) groups is 1. The van der Waals surface area contributed by atoms with Crippen LogP contribution < -0.4 is 0 Å². The smallest absolute Gasteiger partial charge is 0.253 e. The van der Waals surface area contributed by atoms with Crippen LogP contribution in [0.1, 0.15) is 42.1 Å². The zero-order valence-electron chi connectivity index (χ0n) is 10.7. The van der Waals surface area contributed by atoms with Gasteiger partial charge in [0.05, 0.1) is 11.6 Å². The van der Waals surface area contributed by atoms with Crippen LogP contribution in [0.4, 0.5) is 0 Å². The maximum Gasteiger partial charge on any atom is 0.253 e. The second-order valence-electron chi connectivity index (χ2n) is 5.02. The zero-order chi connectivity index (χ0) is 13.0. The van der Waals surface area contributed by atoms with Crippen LogP contribution in [0.25, 0.3) is 0 Å². The highest BCUT2D eigenvalue weighted by Gasteiger charge is 2.19. The average molecular weight is 242 g/mol. The van der Waals surface area contributed by atoms with E-state index >= 15 is 0 Å². The second-order valence-corrected chi connectivity index (χ2v) is 5.02. The molecule has 1 aliphatic rings. The average Bonchev–Trinajstić information content (AvgIpc) is 2.63. The third-order valence-corrected chi connectivity index (χ3v) is 3.56. The van der Waals surface area contributed by atoms with Crippen molar-refractivity contribution in [3.05, 3.63) is 35.4 Å². The summed E-state index contributed by atoms with van der Waals surface area (Å²) in [6.07, 6.45) is 3.38. The Morgan fingerprint density at radius 2 is 2.00 bits per heavy atom. The highest BCUT2D eigenvalue weighted by Crippen LogP contribution is 2.18. The molecule has 2 rings (SSSR count). The number of hydrogen-bond acceptors (Lipinski definition) is 2. The minimum absolute atomic E-state index is 0.0913. The van der Waals surface area contributed by atoms with Gasteiger partial charge in [0, 0.05) is 18.7 Å². The quantitative estimate of drug-likeness (QED) is 0.760. The van der Waals surface area contributed by atoms with E-state index in [1.54, 1.807) is 24.3 Å². The van der Waals surface area contributed by atoms with Crippen LogP contribution in [0.5, 0.6) is 0 Å². The fraction of sp³-hybridized carbons (Fsp3) is 0.467. The van der Waals surface area contributed by atoms with Crippen LogP contribution in [0.2, 0.25) is 0 Å². The van der Waals surface area contributed by atoms with E-state index in [1.807, 2.05) is 4.90 Å². The molecule has 3 nitrogen and oxygen atoms in total. The Hall–Kier alpha value is -1.82. The van der Waals surface area contributed by atoms with Crippen LogP contribution in [-0.4, -0.2) is 23.9 Å². The summed E-state index contributed by atoms with van der Waals surface area (Å²) in [6.45, 7) is 3.94. The number of carbonyl (C=O) groups excluding carboxylic acids is 1. The third-order valence-electron chi connectivity index (χ3n) is 3.56. The van der Waals surface area contributed by atoms with E-state index in [2.05, 4.69) is 13.0 Å². The maximum atomic E-state index is 12.3. The number of nitrogens with zero attached hydrogens (tertiary/aromatic N) is 2. The van der Waals surface area contributed by atoms with E-state index < -0.39 is 0 Å². The molecule has 0 aromatic heterocycles. The summed E-state index contributed by atoms with van der Waals surface area (Å²) in [5, 5.41) is 8.74. The molecule has 1 amide bonds. The first-order chi connectivity index (χ1) is 8.70. The second kappa shape index (κ2) is 5.68. The van der Waals surface area contributed by atoms with Crippen molar-refractivity contribution in [2.75, 3.05) is 13.1 Å². The molecule has 1 aromatic rings. The summed E-state index contributed by atoms with van der Waals surface area (Å²) in [5.41, 5.74) is 1.28. The van der Waals surface area contributed by atoms with E-state index in [-0.39, 0.29) is 5.91 Å². The molecule has 1 unspecified atom stereocenters. The molecule has 18 heavy (non-hydrogen) atoms. The van der Waals surface area contributed by atoms with Crippen molar-refractivity contribution in [3.63, 3.8) is 0 Å². The van der Waals surface area contributed by atoms with Crippen LogP contribution in [-0.2, 0) is 0 Å². The molecular weight excluding hydrogens is 224 g/mol. The van der Waals surface area contributed by atoms with Crippen LogP contribution >= 0.6 is 0 Å². The molecule has 1 aliphatic heterocycles. The summed E-state index contributed by atoms with van der Waals surface area (Å²) in [5.74, 6) is 0.803. The molecule has 0 N–H and O–H groups in total. The Labute approximate surface area is 108 Å². The number of amides is 1. The largest absolute Gasteiger partial charge is 0.339 e. The topological polar surface area (TPSA) is 44.1 Å². The molecule has 0 aliphatic carbocycles. The van der Waals surface area contributed by atoms with Gasteiger partial charge in [0.1, 0.15) is 0 Å². The van der Waals surface area contributed by atoms with Crippen LogP contribution in [0, 0.1) is 17.2 Å². The van der Waals surface area contributed by atoms with E-state index in [0.29, 0.717) is 17.0 Å². The van der Waals surface area contributed by atoms with Crippen LogP contribution in [0.3, 0.4) is 0 Å². The molecular formula is C15H18N2O. The summed E-state index contributed by atoms with van der Waals surface area (Å²) in [6, 6.07) is 8.96. The molecule has 0 spiro atoms. The van der Waals surface area contributed by atoms with Gasteiger partial charge in [-0.25, -0.2) is 0 Å². The van der Waals surface area contributed by atoms with E-state index in [4.69, 9.17) is 5.26 Å². The Morgan fingerprint density at radius 3 is 2.67 bits per heavy atom. The van der Waals surface area contributed by atoms with Crippen molar-refractivity contribution in [2.24, 2.45) is 5.92 Å². The molecule has 1 aromatic carbocycles. The Bertz CT molecular complexity index is 458. The molecule has 1 heterocycles. The third kappa shape index (κ3) is 2.89. The van der Waals surface area contributed by atoms with Gasteiger partial charge in [0.15, 0.2) is 0 Å². The van der Waals surface area contributed by atoms with E-state index in [0.717, 1.165) is 25.9 Å². The molecule has 1 fully saturated rings. The Morgan fingerprint density at radius 1 is 1.28 bits per heavy atom. The standard InChI is InChI=1S/C15H18N2O/c1-12-3-2-9-17(10-8-12)15(18)14-6-4-13(11-16)5-7-14/h4-7,12H,2-3,8-10H2,1H3. The normalized spacial score (nSPS) is 20.0. The van der Waals surface area contributed by atoms with Gasteiger partial charge < -0.3 is 4.90 Å². The highest BCUT2D eigenvalue weighted by atomic mass is 16.2. The SMILES string of the molecule is CC1CCCN(C(=O)c2ccc(C#N)cc2)CC1. The van der Waals surface area contributed by atoms with E-state index in [1.165, 1.54) is 6.42 Å². The summed E-state index contributed by atoms with van der Waals surface area (Å²) >= 11 is 0. The zero-order valence-corrected chi connectivity index (χ0v) is 10.7. The van der Waals surface area contributed by atoms with Gasteiger partial charge in [-0.1, -0.05) is 6.92 Å². The number of likely N-dealkylation sites (tertiary alicyclic amines) is 1. The van der Waals surface area contributed by atoms with Gasteiger partial charge in [-0.3, -0.25) is 4.79 Å². The van der Waals surface area contributed by atoms with Gasteiger partial charge >= 0.3 is 0 Å². The van der Waals surface area contributed by atoms with Crippen molar-refractivity contribution < 1.29 is 4.79 Å². The lowest BCUT2D eigenvalue weighted by molar-refractivity contribution is 0.0760. The molecule has 0 saturated carbocycles. The number of nitriles is 1. The summed E-state index contributed by atoms with van der Waals surface area (Å²) in [4.78, 5) is 14.2. The maximum absolute atomic E-state index is 12.3. The lowest BCUT2D eigenvalue weighted by Crippen LogP contribution is -2.31. The molecule has 1 saturated heterocycles. The summed E-state index contributed by atoms with van der Waals surface area (Å²) < 4.78 is 0. The summed E-state index contributed by atoms with van der Waals surface area (Å²) in [7, 11) is 0. The molecule has 0 bridgehead atoms. The predicted molar refractivity (Wildman–Crippen MR) is 70.1 cm³/mol. The van der Waals surface area contributed by atoms with Crippen molar-refractivity contribution in [2.45, 2.75) is 26.2 Å². The lowest BCUT2D eigenvalue weighted by atomic mass is 10.0. The number of hydrogen-bond donors (Lipinski definition) is 0. The first kappa shape index (κ1) is 12.6. The first-order valence-electron chi connectivity index (χ1n) is 6.50. The van der Waals surface area contributed by atoms with Gasteiger partial charge in [-0.05, 0) is 49.4 Å². The highest BCUT2D eigenvalue weighted by molar-refractivity contribution is 5.94.